The van der Waals surface area contributed by atoms with Gasteiger partial charge in [0.25, 0.3) is 0 Å². The number of aromatic carboxylic acids is 1. The fourth-order valence-corrected chi connectivity index (χ4v) is 2.53. The molecule has 20 heavy (non-hydrogen) atoms. The lowest BCUT2D eigenvalue weighted by Gasteiger charge is -2.30. The maximum Gasteiger partial charge on any atom is 0.337 e. The number of nitrogen functional groups attached to an aromatic ring is 1. The van der Waals surface area contributed by atoms with Crippen LogP contribution in [0.4, 0.5) is 11.5 Å². The van der Waals surface area contributed by atoms with Gasteiger partial charge in [-0.05, 0) is 23.6 Å². The quantitative estimate of drug-likeness (QED) is 0.870. The Kier molecular flexibility index (Phi) is 3.02. The van der Waals surface area contributed by atoms with E-state index >= 15 is 0 Å². The molecule has 1 aliphatic heterocycles. The Morgan fingerprint density at radius 1 is 1.30 bits per heavy atom. The van der Waals surface area contributed by atoms with Crippen molar-refractivity contribution in [3.05, 3.63) is 53.2 Å². The van der Waals surface area contributed by atoms with E-state index in [1.165, 1.54) is 23.4 Å². The first-order chi connectivity index (χ1) is 9.65. The molecule has 102 valence electrons. The lowest BCUT2D eigenvalue weighted by atomic mass is 10.00. The van der Waals surface area contributed by atoms with E-state index in [-0.39, 0.29) is 5.56 Å². The molecule has 1 aromatic carbocycles. The number of carboxylic acids is 1. The molecule has 1 aromatic heterocycles. The molecule has 0 spiro atoms. The molecule has 0 saturated carbocycles. The van der Waals surface area contributed by atoms with Crippen molar-refractivity contribution in [1.29, 1.82) is 0 Å². The number of pyridine rings is 1. The number of nitrogens with two attached hydrogens (primary N) is 1. The Morgan fingerprint density at radius 2 is 2.05 bits per heavy atom. The van der Waals surface area contributed by atoms with Crippen LogP contribution in [0.15, 0.2) is 36.5 Å². The maximum absolute atomic E-state index is 10.9. The summed E-state index contributed by atoms with van der Waals surface area (Å²) in [6, 6.07) is 9.76. The van der Waals surface area contributed by atoms with Gasteiger partial charge in [-0.1, -0.05) is 24.3 Å². The number of carboxylic acid groups (broad SMARTS) is 1. The summed E-state index contributed by atoms with van der Waals surface area (Å²) in [6.07, 6.45) is 2.30. The van der Waals surface area contributed by atoms with E-state index in [0.717, 1.165) is 19.5 Å². The van der Waals surface area contributed by atoms with Crippen LogP contribution in [-0.2, 0) is 13.0 Å². The summed E-state index contributed by atoms with van der Waals surface area (Å²) in [5.74, 6) is -0.357. The van der Waals surface area contributed by atoms with Crippen LogP contribution in [0.25, 0.3) is 0 Å². The molecular formula is C15H15N3O2. The number of anilines is 2. The zero-order valence-corrected chi connectivity index (χ0v) is 10.9. The zero-order chi connectivity index (χ0) is 14.1. The Balaban J connectivity index is 1.90. The topological polar surface area (TPSA) is 79.5 Å². The van der Waals surface area contributed by atoms with E-state index < -0.39 is 5.97 Å². The molecule has 0 amide bonds. The lowest BCUT2D eigenvalue weighted by molar-refractivity contribution is 0.0696. The van der Waals surface area contributed by atoms with Crippen LogP contribution in [0.3, 0.4) is 0 Å². The van der Waals surface area contributed by atoms with Gasteiger partial charge in [0.2, 0.25) is 0 Å². The molecule has 2 heterocycles. The van der Waals surface area contributed by atoms with Gasteiger partial charge in [-0.3, -0.25) is 0 Å². The third-order valence-electron chi connectivity index (χ3n) is 3.57. The fraction of sp³-hybridized carbons (Fsp3) is 0.200. The van der Waals surface area contributed by atoms with E-state index in [1.807, 2.05) is 12.1 Å². The molecule has 0 atom stereocenters. The first-order valence-corrected chi connectivity index (χ1v) is 6.45. The smallest absolute Gasteiger partial charge is 0.337 e. The molecule has 0 unspecified atom stereocenters. The first-order valence-electron chi connectivity index (χ1n) is 6.45. The number of nitrogens with zero attached hydrogens (tertiary/aromatic N) is 2. The largest absolute Gasteiger partial charge is 0.478 e. The molecule has 1 aliphatic rings. The van der Waals surface area contributed by atoms with Gasteiger partial charge in [-0.15, -0.1) is 0 Å². The molecule has 5 heteroatoms. The van der Waals surface area contributed by atoms with Crippen LogP contribution < -0.4 is 10.6 Å². The summed E-state index contributed by atoms with van der Waals surface area (Å²) in [5.41, 5.74) is 9.08. The number of hydrogen-bond acceptors (Lipinski definition) is 4. The van der Waals surface area contributed by atoms with Crippen molar-refractivity contribution in [2.75, 3.05) is 17.2 Å². The average Bonchev–Trinajstić information content (AvgIpc) is 2.46. The molecule has 3 rings (SSSR count). The Bertz CT molecular complexity index is 670. The second kappa shape index (κ2) is 4.85. The van der Waals surface area contributed by atoms with E-state index in [9.17, 15) is 4.79 Å². The van der Waals surface area contributed by atoms with Crippen molar-refractivity contribution in [1.82, 2.24) is 4.98 Å². The molecule has 0 saturated heterocycles. The molecular weight excluding hydrogens is 254 g/mol. The minimum Gasteiger partial charge on any atom is -0.478 e. The molecule has 0 bridgehead atoms. The predicted molar refractivity (Wildman–Crippen MR) is 76.8 cm³/mol. The number of rotatable bonds is 2. The molecule has 2 aromatic rings. The third-order valence-corrected chi connectivity index (χ3v) is 3.57. The average molecular weight is 269 g/mol. The second-order valence-corrected chi connectivity index (χ2v) is 4.88. The van der Waals surface area contributed by atoms with Crippen molar-refractivity contribution >= 4 is 17.5 Å². The monoisotopic (exact) mass is 269 g/mol. The highest BCUT2D eigenvalue weighted by Crippen LogP contribution is 2.27. The van der Waals surface area contributed by atoms with Crippen molar-refractivity contribution in [2.45, 2.75) is 13.0 Å². The van der Waals surface area contributed by atoms with Gasteiger partial charge >= 0.3 is 5.97 Å². The van der Waals surface area contributed by atoms with Gasteiger partial charge in [-0.25, -0.2) is 9.78 Å². The Labute approximate surface area is 116 Å². The SMILES string of the molecule is Nc1cc(C(=O)O)cnc1N1CCc2ccccc2C1. The van der Waals surface area contributed by atoms with Gasteiger partial charge in [0.15, 0.2) is 5.82 Å². The summed E-state index contributed by atoms with van der Waals surface area (Å²) in [4.78, 5) is 17.2. The summed E-state index contributed by atoms with van der Waals surface area (Å²) in [6.45, 7) is 1.58. The van der Waals surface area contributed by atoms with E-state index in [4.69, 9.17) is 10.8 Å². The van der Waals surface area contributed by atoms with Crippen LogP contribution in [0.1, 0.15) is 21.5 Å². The minimum absolute atomic E-state index is 0.114. The van der Waals surface area contributed by atoms with Crippen molar-refractivity contribution < 1.29 is 9.90 Å². The fourth-order valence-electron chi connectivity index (χ4n) is 2.53. The number of fused-ring (bicyclic) bond motifs is 1. The number of carbonyl (C=O) groups is 1. The highest BCUT2D eigenvalue weighted by Gasteiger charge is 2.19. The van der Waals surface area contributed by atoms with Crippen molar-refractivity contribution in [3.63, 3.8) is 0 Å². The lowest BCUT2D eigenvalue weighted by Crippen LogP contribution is -2.31. The minimum atomic E-state index is -1.01. The zero-order valence-electron chi connectivity index (χ0n) is 10.9. The van der Waals surface area contributed by atoms with Crippen LogP contribution in [0.5, 0.6) is 0 Å². The molecule has 3 N–H and O–H groups in total. The van der Waals surface area contributed by atoms with Gasteiger partial charge in [0, 0.05) is 19.3 Å². The van der Waals surface area contributed by atoms with E-state index in [2.05, 4.69) is 22.0 Å². The molecule has 5 nitrogen and oxygen atoms in total. The van der Waals surface area contributed by atoms with Crippen molar-refractivity contribution in [3.8, 4) is 0 Å². The molecule has 0 fully saturated rings. The first kappa shape index (κ1) is 12.5. The van der Waals surface area contributed by atoms with Crippen LogP contribution in [0.2, 0.25) is 0 Å². The summed E-state index contributed by atoms with van der Waals surface area (Å²) < 4.78 is 0. The van der Waals surface area contributed by atoms with E-state index in [1.54, 1.807) is 0 Å². The van der Waals surface area contributed by atoms with E-state index in [0.29, 0.717) is 11.5 Å². The number of hydrogen-bond donors (Lipinski definition) is 2. The van der Waals surface area contributed by atoms with Gasteiger partial charge in [-0.2, -0.15) is 0 Å². The Hall–Kier alpha value is -2.56. The summed E-state index contributed by atoms with van der Waals surface area (Å²) in [5, 5.41) is 8.93. The standard InChI is InChI=1S/C15H15N3O2/c16-13-7-12(15(19)20)8-17-14(13)18-6-5-10-3-1-2-4-11(10)9-18/h1-4,7-8H,5-6,9,16H2,(H,19,20). The normalized spacial score (nSPS) is 13.9. The van der Waals surface area contributed by atoms with Gasteiger partial charge in [0.05, 0.1) is 11.3 Å². The Morgan fingerprint density at radius 3 is 2.75 bits per heavy atom. The highest BCUT2D eigenvalue weighted by molar-refractivity contribution is 5.89. The van der Waals surface area contributed by atoms with Crippen LogP contribution >= 0.6 is 0 Å². The maximum atomic E-state index is 10.9. The van der Waals surface area contributed by atoms with Gasteiger partial charge < -0.3 is 15.7 Å². The third kappa shape index (κ3) is 2.18. The molecule has 0 radical (unpaired) electrons. The summed E-state index contributed by atoms with van der Waals surface area (Å²) in [7, 11) is 0. The second-order valence-electron chi connectivity index (χ2n) is 4.88. The van der Waals surface area contributed by atoms with Crippen LogP contribution in [-0.4, -0.2) is 22.6 Å². The van der Waals surface area contributed by atoms with Gasteiger partial charge in [0.1, 0.15) is 0 Å². The highest BCUT2D eigenvalue weighted by atomic mass is 16.4. The van der Waals surface area contributed by atoms with Crippen LogP contribution in [0, 0.1) is 0 Å². The number of aromatic nitrogens is 1. The molecule has 0 aliphatic carbocycles. The predicted octanol–water partition coefficient (Wildman–Crippen LogP) is 1.92. The number of benzene rings is 1. The summed E-state index contributed by atoms with van der Waals surface area (Å²) >= 11 is 0. The van der Waals surface area contributed by atoms with Crippen molar-refractivity contribution in [2.24, 2.45) is 0 Å².